The smallest absolute Gasteiger partial charge is 0.340 e. The van der Waals surface area contributed by atoms with Crippen LogP contribution in [0, 0.1) is 0 Å². The minimum atomic E-state index is -0.468. The van der Waals surface area contributed by atoms with Crippen LogP contribution in [0.1, 0.15) is 22.8 Å². The average molecular weight is 370 g/mol. The van der Waals surface area contributed by atoms with Crippen LogP contribution in [-0.4, -0.2) is 38.4 Å². The van der Waals surface area contributed by atoms with E-state index in [9.17, 15) is 9.59 Å². The van der Waals surface area contributed by atoms with Crippen LogP contribution in [0.3, 0.4) is 0 Å². The lowest BCUT2D eigenvalue weighted by Crippen LogP contribution is -2.31. The first-order valence-corrected chi connectivity index (χ1v) is 8.87. The first kappa shape index (κ1) is 18.6. The monoisotopic (exact) mass is 370 g/mol. The number of ether oxygens (including phenoxy) is 3. The normalized spacial score (nSPS) is 12.2. The first-order valence-electron chi connectivity index (χ1n) is 8.87. The van der Waals surface area contributed by atoms with Crippen LogP contribution in [0.15, 0.2) is 42.5 Å². The molecule has 0 radical (unpaired) electrons. The van der Waals surface area contributed by atoms with Gasteiger partial charge in [0.1, 0.15) is 13.2 Å². The van der Waals surface area contributed by atoms with Gasteiger partial charge in [0, 0.05) is 6.54 Å². The molecule has 142 valence electrons. The fourth-order valence-electron chi connectivity index (χ4n) is 2.71. The van der Waals surface area contributed by atoms with Gasteiger partial charge in [-0.25, -0.2) is 9.59 Å². The maximum absolute atomic E-state index is 12.1. The highest BCUT2D eigenvalue weighted by Gasteiger charge is 2.14. The summed E-state index contributed by atoms with van der Waals surface area (Å²) in [4.78, 5) is 24.1. The van der Waals surface area contributed by atoms with Crippen LogP contribution >= 0.6 is 0 Å². The van der Waals surface area contributed by atoms with Gasteiger partial charge in [0.05, 0.1) is 17.9 Å². The van der Waals surface area contributed by atoms with Crippen LogP contribution < -0.4 is 20.1 Å². The van der Waals surface area contributed by atoms with Crippen LogP contribution in [0.5, 0.6) is 11.5 Å². The molecule has 0 saturated carbocycles. The van der Waals surface area contributed by atoms with E-state index < -0.39 is 5.97 Å². The summed E-state index contributed by atoms with van der Waals surface area (Å²) < 4.78 is 16.1. The average Bonchev–Trinajstić information content (AvgIpc) is 2.68. The Morgan fingerprint density at radius 2 is 1.85 bits per heavy atom. The maximum atomic E-state index is 12.1. The van der Waals surface area contributed by atoms with E-state index in [1.807, 2.05) is 18.2 Å². The highest BCUT2D eigenvalue weighted by molar-refractivity contribution is 6.00. The predicted molar refractivity (Wildman–Crippen MR) is 101 cm³/mol. The summed E-state index contributed by atoms with van der Waals surface area (Å²) in [5, 5.41) is 5.47. The van der Waals surface area contributed by atoms with E-state index in [0.29, 0.717) is 37.4 Å². The zero-order chi connectivity index (χ0) is 19.1. The van der Waals surface area contributed by atoms with Crippen LogP contribution in [0.2, 0.25) is 0 Å². The number of esters is 1. The Kier molecular flexibility index (Phi) is 6.14. The molecule has 1 aliphatic rings. The molecule has 0 aliphatic carbocycles. The van der Waals surface area contributed by atoms with Crippen molar-refractivity contribution in [2.24, 2.45) is 0 Å². The molecule has 27 heavy (non-hydrogen) atoms. The number of fused-ring (bicyclic) bond motifs is 1. The minimum absolute atomic E-state index is 0.273. The van der Waals surface area contributed by atoms with E-state index >= 15 is 0 Å². The highest BCUT2D eigenvalue weighted by Crippen LogP contribution is 2.30. The van der Waals surface area contributed by atoms with Gasteiger partial charge in [0.25, 0.3) is 0 Å². The Bertz CT molecular complexity index is 822. The van der Waals surface area contributed by atoms with Gasteiger partial charge in [0.15, 0.2) is 11.5 Å². The second-order valence-corrected chi connectivity index (χ2v) is 5.87. The summed E-state index contributed by atoms with van der Waals surface area (Å²) >= 11 is 0. The van der Waals surface area contributed by atoms with Crippen molar-refractivity contribution in [1.82, 2.24) is 5.32 Å². The van der Waals surface area contributed by atoms with Crippen molar-refractivity contribution in [2.45, 2.75) is 13.3 Å². The number of hydrogen-bond donors (Lipinski definition) is 2. The molecule has 0 aromatic heterocycles. The number of nitrogens with one attached hydrogen (secondary N) is 2. The number of para-hydroxylation sites is 1. The van der Waals surface area contributed by atoms with Crippen LogP contribution in [0.4, 0.5) is 10.5 Å². The van der Waals surface area contributed by atoms with Crippen molar-refractivity contribution >= 4 is 17.7 Å². The molecule has 7 heteroatoms. The molecule has 0 spiro atoms. The van der Waals surface area contributed by atoms with Gasteiger partial charge in [-0.15, -0.1) is 0 Å². The van der Waals surface area contributed by atoms with Crippen molar-refractivity contribution in [1.29, 1.82) is 0 Å². The molecular weight excluding hydrogens is 348 g/mol. The summed E-state index contributed by atoms with van der Waals surface area (Å²) in [6.45, 7) is 3.54. The third kappa shape index (κ3) is 4.91. The Labute approximate surface area is 157 Å². The van der Waals surface area contributed by atoms with E-state index in [4.69, 9.17) is 14.2 Å². The van der Waals surface area contributed by atoms with Gasteiger partial charge in [-0.1, -0.05) is 18.2 Å². The van der Waals surface area contributed by atoms with Crippen molar-refractivity contribution in [2.75, 3.05) is 31.7 Å². The molecule has 2 N–H and O–H groups in total. The van der Waals surface area contributed by atoms with Crippen molar-refractivity contribution < 1.29 is 23.8 Å². The van der Waals surface area contributed by atoms with Crippen molar-refractivity contribution in [3.05, 3.63) is 53.6 Å². The Balaban J connectivity index is 1.53. The van der Waals surface area contributed by atoms with E-state index in [1.54, 1.807) is 31.2 Å². The van der Waals surface area contributed by atoms with Gasteiger partial charge in [0.2, 0.25) is 0 Å². The number of anilines is 1. The van der Waals surface area contributed by atoms with Crippen molar-refractivity contribution in [3.63, 3.8) is 0 Å². The van der Waals surface area contributed by atoms with E-state index in [2.05, 4.69) is 10.6 Å². The van der Waals surface area contributed by atoms with Crippen molar-refractivity contribution in [3.8, 4) is 11.5 Å². The molecule has 0 fully saturated rings. The number of benzene rings is 2. The van der Waals surface area contributed by atoms with Gasteiger partial charge in [-0.05, 0) is 43.2 Å². The van der Waals surface area contributed by atoms with Gasteiger partial charge < -0.3 is 24.8 Å². The topological polar surface area (TPSA) is 85.9 Å². The zero-order valence-corrected chi connectivity index (χ0v) is 15.1. The lowest BCUT2D eigenvalue weighted by Gasteiger charge is -2.19. The number of rotatable bonds is 6. The van der Waals surface area contributed by atoms with Gasteiger partial charge in [-0.2, -0.15) is 0 Å². The second-order valence-electron chi connectivity index (χ2n) is 5.87. The quantitative estimate of drug-likeness (QED) is 0.764. The minimum Gasteiger partial charge on any atom is -0.486 e. The number of urea groups is 1. The number of carbonyl (C=O) groups is 2. The summed E-state index contributed by atoms with van der Waals surface area (Å²) in [5.74, 6) is 1.00. The number of hydrogen-bond acceptors (Lipinski definition) is 5. The van der Waals surface area contributed by atoms with E-state index in [1.165, 1.54) is 0 Å². The second kappa shape index (κ2) is 8.93. The molecule has 1 heterocycles. The lowest BCUT2D eigenvalue weighted by atomic mass is 10.1. The third-order valence-corrected chi connectivity index (χ3v) is 3.98. The molecule has 0 saturated heterocycles. The summed E-state index contributed by atoms with van der Waals surface area (Å²) in [7, 11) is 0. The molecule has 1 aliphatic heterocycles. The molecule has 3 rings (SSSR count). The third-order valence-electron chi connectivity index (χ3n) is 3.98. The molecule has 2 aromatic carbocycles. The summed E-state index contributed by atoms with van der Waals surface area (Å²) in [5.41, 5.74) is 1.76. The Morgan fingerprint density at radius 1 is 1.07 bits per heavy atom. The van der Waals surface area contributed by atoms with E-state index in [0.717, 1.165) is 17.1 Å². The largest absolute Gasteiger partial charge is 0.486 e. The molecule has 0 unspecified atom stereocenters. The molecule has 2 aromatic rings. The molecule has 7 nitrogen and oxygen atoms in total. The molecule has 0 bridgehead atoms. The zero-order valence-electron chi connectivity index (χ0n) is 15.1. The number of amides is 2. The van der Waals surface area contributed by atoms with Crippen LogP contribution in [-0.2, 0) is 11.2 Å². The standard InChI is InChI=1S/C20H22N2O5/c1-2-25-19(23)15-5-3-4-6-16(15)22-20(24)21-10-9-14-7-8-17-18(13-14)27-12-11-26-17/h3-8,13H,2,9-12H2,1H3,(H2,21,22,24). The Hall–Kier alpha value is -3.22. The predicted octanol–water partition coefficient (Wildman–Crippen LogP) is 3.00. The van der Waals surface area contributed by atoms with Gasteiger partial charge in [-0.3, -0.25) is 0 Å². The summed E-state index contributed by atoms with van der Waals surface area (Å²) in [6.07, 6.45) is 0.642. The fourth-order valence-corrected chi connectivity index (χ4v) is 2.71. The summed E-state index contributed by atoms with van der Waals surface area (Å²) in [6, 6.07) is 12.1. The van der Waals surface area contributed by atoms with Crippen LogP contribution in [0.25, 0.3) is 0 Å². The number of carbonyl (C=O) groups excluding carboxylic acids is 2. The molecular formula is C20H22N2O5. The molecule has 2 amide bonds. The SMILES string of the molecule is CCOC(=O)c1ccccc1NC(=O)NCCc1ccc2c(c1)OCCO2. The maximum Gasteiger partial charge on any atom is 0.340 e. The van der Waals surface area contributed by atoms with E-state index in [-0.39, 0.29) is 12.6 Å². The lowest BCUT2D eigenvalue weighted by molar-refractivity contribution is 0.0527. The van der Waals surface area contributed by atoms with Gasteiger partial charge >= 0.3 is 12.0 Å². The fraction of sp³-hybridized carbons (Fsp3) is 0.300. The molecule has 0 atom stereocenters. The Morgan fingerprint density at radius 3 is 2.67 bits per heavy atom. The first-order chi connectivity index (χ1) is 13.2. The highest BCUT2D eigenvalue weighted by atomic mass is 16.6.